The molecule has 1 heterocycles. The predicted molar refractivity (Wildman–Crippen MR) is 122 cm³/mol. The Morgan fingerprint density at radius 3 is 2.25 bits per heavy atom. The third kappa shape index (κ3) is 7.10. The van der Waals surface area contributed by atoms with Crippen LogP contribution in [0.25, 0.3) is 0 Å². The van der Waals surface area contributed by atoms with Gasteiger partial charge in [0.05, 0.1) is 11.1 Å². The number of pyridine rings is 1. The zero-order valence-electron chi connectivity index (χ0n) is 19.2. The monoisotopic (exact) mass is 506 g/mol. The second-order valence-electron chi connectivity index (χ2n) is 8.32. The number of carbonyl (C=O) groups is 2. The fraction of sp³-hybridized carbons (Fsp3) is 0.269. The first kappa shape index (κ1) is 26.8. The molecule has 3 aromatic rings. The number of nitrogens with one attached hydrogen (secondary N) is 1. The van der Waals surface area contributed by atoms with Gasteiger partial charge >= 0.3 is 12.1 Å². The molecule has 0 bridgehead atoms. The number of hydrogen-bond donors (Lipinski definition) is 2. The van der Waals surface area contributed by atoms with Crippen LogP contribution in [-0.2, 0) is 25.1 Å². The van der Waals surface area contributed by atoms with E-state index in [4.69, 9.17) is 5.11 Å². The largest absolute Gasteiger partial charge is 0.478 e. The normalized spacial score (nSPS) is 11.8. The Labute approximate surface area is 204 Å². The topological polar surface area (TPSA) is 79.3 Å². The number of carboxylic acid groups (broad SMARTS) is 1. The van der Waals surface area contributed by atoms with Crippen LogP contribution in [0.15, 0.2) is 60.7 Å². The minimum atomic E-state index is -4.53. The highest BCUT2D eigenvalue weighted by Gasteiger charge is 2.32. The van der Waals surface area contributed by atoms with Crippen LogP contribution >= 0.6 is 0 Å². The molecule has 0 aliphatic heterocycles. The Balaban J connectivity index is 1.64. The molecule has 1 amide bonds. The number of hydrogen-bond acceptors (Lipinski definition) is 3. The van der Waals surface area contributed by atoms with Gasteiger partial charge in [0, 0.05) is 24.2 Å². The number of carbonyl (C=O) groups excluding carboxylic acids is 1. The lowest BCUT2D eigenvalue weighted by Crippen LogP contribution is -2.25. The van der Waals surface area contributed by atoms with Crippen molar-refractivity contribution in [3.05, 3.63) is 99.9 Å². The van der Waals surface area contributed by atoms with E-state index >= 15 is 0 Å². The minimum Gasteiger partial charge on any atom is -0.478 e. The number of aromatic nitrogens is 1. The molecule has 0 unspecified atom stereocenters. The number of benzene rings is 2. The van der Waals surface area contributed by atoms with E-state index in [1.807, 2.05) is 0 Å². The highest BCUT2D eigenvalue weighted by Crippen LogP contribution is 2.34. The van der Waals surface area contributed by atoms with Gasteiger partial charge in [-0.05, 0) is 67.3 Å². The van der Waals surface area contributed by atoms with Gasteiger partial charge in [0.1, 0.15) is 5.69 Å². The van der Waals surface area contributed by atoms with Crippen molar-refractivity contribution >= 4 is 11.9 Å². The molecular formula is C26H23F5N2O3. The van der Waals surface area contributed by atoms with E-state index in [0.717, 1.165) is 23.8 Å². The van der Waals surface area contributed by atoms with Crippen LogP contribution in [0.3, 0.4) is 0 Å². The van der Waals surface area contributed by atoms with Gasteiger partial charge in [-0.1, -0.05) is 24.3 Å². The summed E-state index contributed by atoms with van der Waals surface area (Å²) in [4.78, 5) is 27.4. The molecule has 5 nitrogen and oxygen atoms in total. The summed E-state index contributed by atoms with van der Waals surface area (Å²) in [6, 6.07) is 12.6. The van der Waals surface area contributed by atoms with Crippen molar-refractivity contribution in [1.82, 2.24) is 10.3 Å². The summed E-state index contributed by atoms with van der Waals surface area (Å²) in [5, 5.41) is 11.3. The van der Waals surface area contributed by atoms with E-state index in [1.54, 1.807) is 12.1 Å². The summed E-state index contributed by atoms with van der Waals surface area (Å²) in [5.74, 6) is -5.12. The lowest BCUT2D eigenvalue weighted by Gasteiger charge is -2.18. The van der Waals surface area contributed by atoms with E-state index in [2.05, 4.69) is 10.3 Å². The van der Waals surface area contributed by atoms with Crippen LogP contribution < -0.4 is 5.32 Å². The van der Waals surface area contributed by atoms with Gasteiger partial charge in [0.2, 0.25) is 0 Å². The Bertz CT molecular complexity index is 1240. The highest BCUT2D eigenvalue weighted by atomic mass is 19.4. The zero-order valence-corrected chi connectivity index (χ0v) is 19.2. The molecule has 0 fully saturated rings. The molecule has 0 atom stereocenters. The average Bonchev–Trinajstić information content (AvgIpc) is 2.82. The van der Waals surface area contributed by atoms with Crippen LogP contribution in [-0.4, -0.2) is 22.0 Å². The smallest absolute Gasteiger partial charge is 0.416 e. The Kier molecular flexibility index (Phi) is 8.07. The molecule has 0 aliphatic carbocycles. The summed E-state index contributed by atoms with van der Waals surface area (Å²) in [7, 11) is 0. The molecule has 0 saturated carbocycles. The van der Waals surface area contributed by atoms with Crippen LogP contribution in [0.5, 0.6) is 0 Å². The maximum absolute atomic E-state index is 14.9. The molecule has 0 saturated heterocycles. The van der Waals surface area contributed by atoms with Gasteiger partial charge < -0.3 is 10.4 Å². The first-order valence-corrected chi connectivity index (χ1v) is 11.0. The molecule has 2 N–H and O–H groups in total. The molecule has 0 radical (unpaired) electrons. The Hall–Kier alpha value is -3.82. The van der Waals surface area contributed by atoms with E-state index < -0.39 is 36.0 Å². The zero-order chi connectivity index (χ0) is 26.5. The summed E-state index contributed by atoms with van der Waals surface area (Å²) in [6.45, 7) is 1.23. The molecule has 36 heavy (non-hydrogen) atoms. The van der Waals surface area contributed by atoms with Gasteiger partial charge in [0.25, 0.3) is 11.8 Å². The molecule has 3 rings (SSSR count). The van der Waals surface area contributed by atoms with Crippen molar-refractivity contribution in [2.75, 3.05) is 0 Å². The number of aryl methyl sites for hydroxylation is 2. The maximum Gasteiger partial charge on any atom is 0.416 e. The maximum atomic E-state index is 14.9. The van der Waals surface area contributed by atoms with Crippen molar-refractivity contribution in [3.63, 3.8) is 0 Å². The fourth-order valence-electron chi connectivity index (χ4n) is 3.60. The Morgan fingerprint density at radius 2 is 1.61 bits per heavy atom. The third-order valence-corrected chi connectivity index (χ3v) is 5.47. The van der Waals surface area contributed by atoms with Crippen molar-refractivity contribution < 1.29 is 36.6 Å². The van der Waals surface area contributed by atoms with Crippen molar-refractivity contribution in [2.24, 2.45) is 0 Å². The van der Waals surface area contributed by atoms with E-state index in [1.165, 1.54) is 37.3 Å². The summed E-state index contributed by atoms with van der Waals surface area (Å²) < 4.78 is 68.4. The molecular weight excluding hydrogens is 483 g/mol. The number of nitrogens with zero attached hydrogens (tertiary/aromatic N) is 1. The number of aromatic carboxylic acids is 1. The molecule has 0 spiro atoms. The predicted octanol–water partition coefficient (Wildman–Crippen LogP) is 6.15. The molecule has 1 aromatic heterocycles. The number of amides is 1. The standard InChI is InChI=1S/C26H23F5N2O3/c1-16-12-21(25(27,28)11-3-5-17-7-9-19(10-8-17)24(35)36)14-22(33-16)23(34)32-15-18-4-2-6-20(13-18)26(29,30)31/h2,4,6-10,12-14H,3,5,11,15H2,1H3,(H,32,34)(H,35,36). The van der Waals surface area contributed by atoms with Crippen LogP contribution in [0.2, 0.25) is 0 Å². The van der Waals surface area contributed by atoms with Crippen LogP contribution in [0.1, 0.15) is 61.6 Å². The quantitative estimate of drug-likeness (QED) is 0.341. The third-order valence-electron chi connectivity index (χ3n) is 5.47. The Morgan fingerprint density at radius 1 is 0.917 bits per heavy atom. The first-order valence-electron chi connectivity index (χ1n) is 11.0. The van der Waals surface area contributed by atoms with Gasteiger partial charge in [0.15, 0.2) is 0 Å². The molecule has 190 valence electrons. The van der Waals surface area contributed by atoms with Crippen molar-refractivity contribution in [3.8, 4) is 0 Å². The van der Waals surface area contributed by atoms with Crippen LogP contribution in [0, 0.1) is 6.92 Å². The number of alkyl halides is 5. The first-order chi connectivity index (χ1) is 16.8. The molecule has 0 aliphatic rings. The number of rotatable bonds is 9. The van der Waals surface area contributed by atoms with Gasteiger partial charge in [-0.15, -0.1) is 0 Å². The second kappa shape index (κ2) is 10.8. The second-order valence-corrected chi connectivity index (χ2v) is 8.32. The summed E-state index contributed by atoms with van der Waals surface area (Å²) >= 11 is 0. The van der Waals surface area contributed by atoms with Gasteiger partial charge in [-0.2, -0.15) is 13.2 Å². The highest BCUT2D eigenvalue weighted by molar-refractivity contribution is 5.92. The van der Waals surface area contributed by atoms with Crippen LogP contribution in [0.4, 0.5) is 22.0 Å². The van der Waals surface area contributed by atoms with E-state index in [9.17, 15) is 31.5 Å². The fourth-order valence-corrected chi connectivity index (χ4v) is 3.60. The van der Waals surface area contributed by atoms with E-state index in [0.29, 0.717) is 6.42 Å². The lowest BCUT2D eigenvalue weighted by molar-refractivity contribution is -0.137. The number of carboxylic acids is 1. The SMILES string of the molecule is Cc1cc(C(F)(F)CCCc2ccc(C(=O)O)cc2)cc(C(=O)NCc2cccc(C(F)(F)F)c2)n1. The van der Waals surface area contributed by atoms with Gasteiger partial charge in [-0.25, -0.2) is 18.6 Å². The summed E-state index contributed by atoms with van der Waals surface area (Å²) in [6.07, 6.45) is -4.62. The van der Waals surface area contributed by atoms with Crippen molar-refractivity contribution in [1.29, 1.82) is 0 Å². The van der Waals surface area contributed by atoms with Gasteiger partial charge in [-0.3, -0.25) is 4.79 Å². The van der Waals surface area contributed by atoms with E-state index in [-0.39, 0.29) is 41.0 Å². The molecule has 2 aromatic carbocycles. The average molecular weight is 506 g/mol. The number of halogens is 5. The summed E-state index contributed by atoms with van der Waals surface area (Å²) in [5.41, 5.74) is -0.288. The minimum absolute atomic E-state index is 0.107. The lowest BCUT2D eigenvalue weighted by atomic mass is 9.99. The molecule has 10 heteroatoms. The van der Waals surface area contributed by atoms with Crippen molar-refractivity contribution in [2.45, 2.75) is 44.8 Å².